The quantitative estimate of drug-likeness (QED) is 0.225. The zero-order valence-electron chi connectivity index (χ0n) is 25.7. The van der Waals surface area contributed by atoms with Crippen molar-refractivity contribution in [3.8, 4) is 5.75 Å². The predicted molar refractivity (Wildman–Crippen MR) is 167 cm³/mol. The Morgan fingerprint density at radius 2 is 1.45 bits per heavy atom. The maximum atomic E-state index is 13.7. The van der Waals surface area contributed by atoms with Crippen LogP contribution < -0.4 is 20.7 Å². The first kappa shape index (κ1) is 32.4. The van der Waals surface area contributed by atoms with Crippen molar-refractivity contribution in [2.24, 2.45) is 5.92 Å². The summed E-state index contributed by atoms with van der Waals surface area (Å²) in [6, 6.07) is 22.9. The number of carbonyl (C=O) groups excluding carboxylic acids is 4. The van der Waals surface area contributed by atoms with E-state index in [1.807, 2.05) is 74.5 Å². The van der Waals surface area contributed by atoms with E-state index in [9.17, 15) is 19.2 Å². The van der Waals surface area contributed by atoms with Gasteiger partial charge in [-0.2, -0.15) is 0 Å². The molecule has 0 spiro atoms. The molecular formula is C35H41N3O6. The molecule has 1 fully saturated rings. The molecule has 1 heterocycles. The Hall–Kier alpha value is -4.50. The van der Waals surface area contributed by atoms with E-state index in [2.05, 4.69) is 16.0 Å². The molecular weight excluding hydrogens is 558 g/mol. The number of hydrogen-bond donors (Lipinski definition) is 3. The van der Waals surface area contributed by atoms with Gasteiger partial charge in [0.2, 0.25) is 11.8 Å². The zero-order chi connectivity index (χ0) is 31.7. The molecule has 1 unspecified atom stereocenters. The average molecular weight is 600 g/mol. The van der Waals surface area contributed by atoms with Gasteiger partial charge in [0.15, 0.2) is 5.78 Å². The van der Waals surface area contributed by atoms with Crippen LogP contribution in [0, 0.1) is 5.92 Å². The maximum absolute atomic E-state index is 13.7. The van der Waals surface area contributed by atoms with Crippen LogP contribution in [0.1, 0.15) is 61.1 Å². The van der Waals surface area contributed by atoms with Crippen LogP contribution in [0.4, 0.5) is 0 Å². The molecule has 44 heavy (non-hydrogen) atoms. The van der Waals surface area contributed by atoms with Gasteiger partial charge in [-0.1, -0.05) is 74.5 Å². The summed E-state index contributed by atoms with van der Waals surface area (Å²) in [6.45, 7) is 6.01. The van der Waals surface area contributed by atoms with Gasteiger partial charge < -0.3 is 25.4 Å². The van der Waals surface area contributed by atoms with Gasteiger partial charge in [-0.25, -0.2) is 0 Å². The van der Waals surface area contributed by atoms with E-state index >= 15 is 0 Å². The Morgan fingerprint density at radius 1 is 0.841 bits per heavy atom. The molecule has 232 valence electrons. The second-order valence-electron chi connectivity index (χ2n) is 11.8. The molecule has 9 nitrogen and oxygen atoms in total. The Labute approximate surface area is 258 Å². The van der Waals surface area contributed by atoms with Crippen molar-refractivity contribution in [1.82, 2.24) is 16.0 Å². The standard InChI is InChI=1S/C35H41N3O6/c1-23(2)19-29(32(40)35(3)22-44-35)38-34(42)30(20-24-11-7-5-8-12-24)36-31(39)21-28(25-13-9-6-10-14-25)37-33(41)26-15-17-27(43-4)18-16-26/h5-18,23,28-30H,19-22H2,1-4H3,(H,36,39)(H,37,41)(H,38,42)/t28?,29-,30-,35+/m0/s1. The fourth-order valence-corrected chi connectivity index (χ4v) is 5.01. The van der Waals surface area contributed by atoms with Gasteiger partial charge in [0.1, 0.15) is 17.4 Å². The molecule has 0 saturated carbocycles. The molecule has 0 aliphatic carbocycles. The molecule has 0 radical (unpaired) electrons. The lowest BCUT2D eigenvalue weighted by atomic mass is 9.93. The average Bonchev–Trinajstić information content (AvgIpc) is 3.78. The zero-order valence-corrected chi connectivity index (χ0v) is 25.7. The minimum absolute atomic E-state index is 0.106. The van der Waals surface area contributed by atoms with Crippen molar-refractivity contribution in [3.05, 3.63) is 102 Å². The monoisotopic (exact) mass is 599 g/mol. The molecule has 3 aromatic carbocycles. The number of amides is 3. The summed E-state index contributed by atoms with van der Waals surface area (Å²) in [7, 11) is 1.55. The summed E-state index contributed by atoms with van der Waals surface area (Å²) >= 11 is 0. The van der Waals surface area contributed by atoms with Gasteiger partial charge in [0, 0.05) is 12.0 Å². The second kappa shape index (κ2) is 14.8. The van der Waals surface area contributed by atoms with Gasteiger partial charge in [-0.05, 0) is 54.7 Å². The number of ketones is 1. The van der Waals surface area contributed by atoms with E-state index in [4.69, 9.17) is 9.47 Å². The van der Waals surface area contributed by atoms with Crippen molar-refractivity contribution >= 4 is 23.5 Å². The Balaban J connectivity index is 1.52. The molecule has 3 amide bonds. The largest absolute Gasteiger partial charge is 0.497 e. The maximum Gasteiger partial charge on any atom is 0.251 e. The first-order valence-corrected chi connectivity index (χ1v) is 14.9. The van der Waals surface area contributed by atoms with E-state index in [0.29, 0.717) is 24.3 Å². The summed E-state index contributed by atoms with van der Waals surface area (Å²) in [5.41, 5.74) is 1.12. The van der Waals surface area contributed by atoms with E-state index in [1.54, 1.807) is 38.3 Å². The number of hydrogen-bond acceptors (Lipinski definition) is 6. The molecule has 4 rings (SSSR count). The van der Waals surface area contributed by atoms with E-state index < -0.39 is 35.5 Å². The van der Waals surface area contributed by atoms with Crippen LogP contribution in [0.3, 0.4) is 0 Å². The fraction of sp³-hybridized carbons (Fsp3) is 0.371. The number of ether oxygens (including phenoxy) is 2. The first-order valence-electron chi connectivity index (χ1n) is 14.9. The number of methoxy groups -OCH3 is 1. The molecule has 0 bridgehead atoms. The summed E-state index contributed by atoms with van der Waals surface area (Å²) < 4.78 is 10.6. The molecule has 4 atom stereocenters. The highest BCUT2D eigenvalue weighted by Gasteiger charge is 2.50. The predicted octanol–water partition coefficient (Wildman–Crippen LogP) is 4.17. The van der Waals surface area contributed by atoms with Crippen LogP contribution in [0.25, 0.3) is 0 Å². The second-order valence-corrected chi connectivity index (χ2v) is 11.8. The van der Waals surface area contributed by atoms with Gasteiger partial charge in [0.25, 0.3) is 5.91 Å². The normalized spacial score (nSPS) is 17.6. The minimum atomic E-state index is -0.950. The smallest absolute Gasteiger partial charge is 0.251 e. The lowest BCUT2D eigenvalue weighted by Gasteiger charge is -2.26. The molecule has 9 heteroatoms. The van der Waals surface area contributed by atoms with Crippen LogP contribution in [-0.2, 0) is 25.5 Å². The third-order valence-corrected chi connectivity index (χ3v) is 7.62. The van der Waals surface area contributed by atoms with Crippen LogP contribution in [0.2, 0.25) is 0 Å². The van der Waals surface area contributed by atoms with Crippen molar-refractivity contribution in [2.75, 3.05) is 13.7 Å². The summed E-state index contributed by atoms with van der Waals surface area (Å²) in [5.74, 6) is -0.624. The van der Waals surface area contributed by atoms with Gasteiger partial charge >= 0.3 is 0 Å². The number of rotatable bonds is 15. The van der Waals surface area contributed by atoms with Crippen molar-refractivity contribution in [2.45, 2.75) is 63.8 Å². The molecule has 1 aliphatic rings. The molecule has 3 N–H and O–H groups in total. The molecule has 1 saturated heterocycles. The van der Waals surface area contributed by atoms with Crippen molar-refractivity contribution in [3.63, 3.8) is 0 Å². The Kier molecular flexibility index (Phi) is 10.9. The fourth-order valence-electron chi connectivity index (χ4n) is 5.01. The number of carbonyl (C=O) groups is 4. The number of epoxide rings is 1. The number of Topliss-reactive ketones (excluding diaryl/α,β-unsaturated/α-hetero) is 1. The SMILES string of the molecule is COc1ccc(C(=O)NC(CC(=O)N[C@@H](Cc2ccccc2)C(=O)N[C@@H](CC(C)C)C(=O)[C@@]2(C)CO2)c2ccccc2)cc1. The summed E-state index contributed by atoms with van der Waals surface area (Å²) in [4.78, 5) is 53.6. The molecule has 3 aromatic rings. The summed E-state index contributed by atoms with van der Waals surface area (Å²) in [6.07, 6.45) is 0.566. The number of benzene rings is 3. The highest BCUT2D eigenvalue weighted by molar-refractivity contribution is 5.98. The Bertz CT molecular complexity index is 1420. The lowest BCUT2D eigenvalue weighted by Crippen LogP contribution is -2.54. The van der Waals surface area contributed by atoms with Gasteiger partial charge in [-0.3, -0.25) is 19.2 Å². The van der Waals surface area contributed by atoms with Gasteiger partial charge in [0.05, 0.1) is 32.2 Å². The minimum Gasteiger partial charge on any atom is -0.497 e. The van der Waals surface area contributed by atoms with Gasteiger partial charge in [-0.15, -0.1) is 0 Å². The van der Waals surface area contributed by atoms with E-state index in [-0.39, 0.29) is 30.4 Å². The van der Waals surface area contributed by atoms with Crippen LogP contribution in [-0.4, -0.2) is 54.9 Å². The molecule has 1 aliphatic heterocycles. The van der Waals surface area contributed by atoms with Crippen LogP contribution >= 0.6 is 0 Å². The highest BCUT2D eigenvalue weighted by atomic mass is 16.6. The summed E-state index contributed by atoms with van der Waals surface area (Å²) in [5, 5.41) is 8.75. The Morgan fingerprint density at radius 3 is 2.02 bits per heavy atom. The van der Waals surface area contributed by atoms with Crippen molar-refractivity contribution < 1.29 is 28.7 Å². The highest BCUT2D eigenvalue weighted by Crippen LogP contribution is 2.29. The van der Waals surface area contributed by atoms with E-state index in [0.717, 1.165) is 11.1 Å². The van der Waals surface area contributed by atoms with Crippen LogP contribution in [0.15, 0.2) is 84.9 Å². The lowest BCUT2D eigenvalue weighted by molar-refractivity contribution is -0.133. The van der Waals surface area contributed by atoms with Crippen LogP contribution in [0.5, 0.6) is 5.75 Å². The van der Waals surface area contributed by atoms with E-state index in [1.165, 1.54) is 0 Å². The molecule has 0 aromatic heterocycles. The number of nitrogens with one attached hydrogen (secondary N) is 3. The third kappa shape index (κ3) is 9.00. The topological polar surface area (TPSA) is 126 Å². The third-order valence-electron chi connectivity index (χ3n) is 7.62. The van der Waals surface area contributed by atoms with Crippen molar-refractivity contribution in [1.29, 1.82) is 0 Å². The first-order chi connectivity index (χ1) is 21.1.